The van der Waals surface area contributed by atoms with Gasteiger partial charge >= 0.3 is 0 Å². The van der Waals surface area contributed by atoms with Crippen LogP contribution in [0.3, 0.4) is 0 Å². The van der Waals surface area contributed by atoms with Crippen LogP contribution in [-0.4, -0.2) is 30.3 Å². The molecule has 0 fully saturated rings. The van der Waals surface area contributed by atoms with Gasteiger partial charge in [0.05, 0.1) is 23.3 Å². The van der Waals surface area contributed by atoms with Crippen molar-refractivity contribution >= 4 is 43.5 Å². The normalized spacial score (nSPS) is 18.8. The van der Waals surface area contributed by atoms with Gasteiger partial charge in [-0.05, 0) is 57.9 Å². The highest BCUT2D eigenvalue weighted by Gasteiger charge is 2.38. The van der Waals surface area contributed by atoms with E-state index >= 15 is 0 Å². The number of fused-ring (bicyclic) bond motifs is 3. The van der Waals surface area contributed by atoms with E-state index in [1.54, 1.807) is 12.1 Å². The van der Waals surface area contributed by atoms with Gasteiger partial charge in [0.1, 0.15) is 11.5 Å². The minimum Gasteiger partial charge on any atom is -0.497 e. The summed E-state index contributed by atoms with van der Waals surface area (Å²) in [5, 5.41) is 6.13. The van der Waals surface area contributed by atoms with Gasteiger partial charge in [-0.3, -0.25) is 4.79 Å². The predicted octanol–water partition coefficient (Wildman–Crippen LogP) is 4.29. The lowest BCUT2D eigenvalue weighted by molar-refractivity contribution is -0.134. The van der Waals surface area contributed by atoms with Crippen LogP contribution in [-0.2, 0) is 4.79 Å². The van der Waals surface area contributed by atoms with Crippen LogP contribution in [0.15, 0.2) is 50.4 Å². The molecule has 0 bridgehead atoms. The summed E-state index contributed by atoms with van der Waals surface area (Å²) >= 11 is 7.04. The van der Waals surface area contributed by atoms with Gasteiger partial charge in [0.25, 0.3) is 5.91 Å². The number of halogens is 2. The van der Waals surface area contributed by atoms with E-state index in [9.17, 15) is 4.79 Å². The van der Waals surface area contributed by atoms with Gasteiger partial charge in [-0.25, -0.2) is 5.01 Å². The molecule has 2 aliphatic heterocycles. The van der Waals surface area contributed by atoms with Crippen molar-refractivity contribution < 1.29 is 14.3 Å². The van der Waals surface area contributed by atoms with E-state index in [0.717, 1.165) is 31.5 Å². The van der Waals surface area contributed by atoms with Gasteiger partial charge in [-0.15, -0.1) is 0 Å². The average Bonchev–Trinajstić information content (AvgIpc) is 3.00. The number of hydrogen-bond acceptors (Lipinski definition) is 4. The zero-order valence-electron chi connectivity index (χ0n) is 13.3. The fraction of sp³-hybridized carbons (Fsp3) is 0.222. The number of nitrogens with zero attached hydrogens (tertiary/aromatic N) is 2. The molecule has 0 radical (unpaired) electrons. The maximum absolute atomic E-state index is 12.5. The summed E-state index contributed by atoms with van der Waals surface area (Å²) in [6, 6.07) is 11.4. The van der Waals surface area contributed by atoms with Crippen molar-refractivity contribution in [2.24, 2.45) is 5.10 Å². The third-order valence-corrected chi connectivity index (χ3v) is 5.37. The summed E-state index contributed by atoms with van der Waals surface area (Å²) in [5.74, 6) is 1.35. The summed E-state index contributed by atoms with van der Waals surface area (Å²) in [6.07, 6.45) is 0.636. The van der Waals surface area contributed by atoms with Crippen LogP contribution < -0.4 is 9.47 Å². The molecule has 2 aromatic carbocycles. The van der Waals surface area contributed by atoms with Crippen molar-refractivity contribution in [3.05, 3.63) is 56.5 Å². The van der Waals surface area contributed by atoms with Gasteiger partial charge in [-0.2, -0.15) is 5.10 Å². The molecule has 0 saturated heterocycles. The number of methoxy groups -OCH3 is 1. The Morgan fingerprint density at radius 1 is 1.24 bits per heavy atom. The van der Waals surface area contributed by atoms with Crippen molar-refractivity contribution in [3.8, 4) is 11.5 Å². The van der Waals surface area contributed by atoms with Crippen LogP contribution in [0.1, 0.15) is 23.6 Å². The second kappa shape index (κ2) is 6.46. The zero-order valence-corrected chi connectivity index (χ0v) is 16.5. The highest BCUT2D eigenvalue weighted by molar-refractivity contribution is 9.11. The molecule has 0 N–H and O–H groups in total. The minimum absolute atomic E-state index is 0.0247. The summed E-state index contributed by atoms with van der Waals surface area (Å²) in [6.45, 7) is -0.0247. The smallest absolute Gasteiger partial charge is 0.281 e. The Morgan fingerprint density at radius 2 is 2.00 bits per heavy atom. The first-order valence-corrected chi connectivity index (χ1v) is 9.31. The average molecular weight is 466 g/mol. The van der Waals surface area contributed by atoms with Gasteiger partial charge in [0.2, 0.25) is 0 Å². The van der Waals surface area contributed by atoms with Crippen molar-refractivity contribution in [2.75, 3.05) is 13.7 Å². The van der Waals surface area contributed by atoms with E-state index in [1.165, 1.54) is 0 Å². The standard InChI is InChI=1S/C18H14Br2N2O3/c1-24-12-4-2-10(3-5-12)15-8-16-13-6-11(19)7-14(20)18(13)25-9-17(23)22(16)21-15/h2-7,16H,8-9H2,1H3. The fourth-order valence-corrected chi connectivity index (χ4v) is 4.49. The summed E-state index contributed by atoms with van der Waals surface area (Å²) < 4.78 is 12.7. The SMILES string of the molecule is COc1ccc(C2=NN3C(=O)COc4c(Br)cc(Br)cc4C3C2)cc1. The molecule has 5 nitrogen and oxygen atoms in total. The Morgan fingerprint density at radius 3 is 2.72 bits per heavy atom. The Labute approximate surface area is 161 Å². The Balaban J connectivity index is 1.74. The molecular weight excluding hydrogens is 452 g/mol. The molecule has 0 saturated carbocycles. The van der Waals surface area contributed by atoms with Crippen molar-refractivity contribution in [1.82, 2.24) is 5.01 Å². The zero-order chi connectivity index (χ0) is 17.6. The molecule has 1 atom stereocenters. The molecule has 0 spiro atoms. The maximum Gasteiger partial charge on any atom is 0.281 e. The molecule has 2 heterocycles. The number of amides is 1. The molecule has 7 heteroatoms. The second-order valence-corrected chi connectivity index (χ2v) is 7.60. The van der Waals surface area contributed by atoms with Crippen molar-refractivity contribution in [1.29, 1.82) is 0 Å². The van der Waals surface area contributed by atoms with E-state index < -0.39 is 0 Å². The summed E-state index contributed by atoms with van der Waals surface area (Å²) in [4.78, 5) is 12.5. The molecule has 128 valence electrons. The lowest BCUT2D eigenvalue weighted by atomic mass is 9.98. The third kappa shape index (κ3) is 2.95. The van der Waals surface area contributed by atoms with Gasteiger partial charge in [0.15, 0.2) is 6.61 Å². The van der Waals surface area contributed by atoms with Gasteiger partial charge in [0, 0.05) is 16.5 Å². The van der Waals surface area contributed by atoms with Crippen LogP contribution in [0.25, 0.3) is 0 Å². The van der Waals surface area contributed by atoms with Crippen LogP contribution in [0, 0.1) is 0 Å². The molecule has 2 aromatic rings. The van der Waals surface area contributed by atoms with Crippen molar-refractivity contribution in [2.45, 2.75) is 12.5 Å². The molecule has 0 aromatic heterocycles. The Hall–Kier alpha value is -1.86. The molecule has 25 heavy (non-hydrogen) atoms. The predicted molar refractivity (Wildman–Crippen MR) is 101 cm³/mol. The summed E-state index contributed by atoms with van der Waals surface area (Å²) in [5.41, 5.74) is 2.81. The highest BCUT2D eigenvalue weighted by atomic mass is 79.9. The number of hydrazone groups is 1. The highest BCUT2D eigenvalue weighted by Crippen LogP contribution is 2.44. The first-order valence-electron chi connectivity index (χ1n) is 7.72. The number of ether oxygens (including phenoxy) is 2. The first-order chi connectivity index (χ1) is 12.1. The van der Waals surface area contributed by atoms with E-state index in [-0.39, 0.29) is 18.6 Å². The Bertz CT molecular complexity index is 881. The molecule has 1 unspecified atom stereocenters. The maximum atomic E-state index is 12.5. The van der Waals surface area contributed by atoms with E-state index in [1.807, 2.05) is 36.4 Å². The second-order valence-electron chi connectivity index (χ2n) is 5.83. The fourth-order valence-electron chi connectivity index (χ4n) is 3.12. The molecule has 1 amide bonds. The number of benzene rings is 2. The molecule has 4 rings (SSSR count). The molecule has 2 aliphatic rings. The lowest BCUT2D eigenvalue weighted by Crippen LogP contribution is -2.28. The van der Waals surface area contributed by atoms with Gasteiger partial charge in [-0.1, -0.05) is 15.9 Å². The topological polar surface area (TPSA) is 51.1 Å². The largest absolute Gasteiger partial charge is 0.497 e. The van der Waals surface area contributed by atoms with Crippen LogP contribution >= 0.6 is 31.9 Å². The first kappa shape index (κ1) is 16.6. The van der Waals surface area contributed by atoms with Gasteiger partial charge < -0.3 is 9.47 Å². The Kier molecular flexibility index (Phi) is 4.29. The molecular formula is C18H14Br2N2O3. The quantitative estimate of drug-likeness (QED) is 0.664. The summed E-state index contributed by atoms with van der Waals surface area (Å²) in [7, 11) is 1.64. The van der Waals surface area contributed by atoms with Crippen LogP contribution in [0.4, 0.5) is 0 Å². The third-order valence-electron chi connectivity index (χ3n) is 4.33. The lowest BCUT2D eigenvalue weighted by Gasteiger charge is -2.19. The van der Waals surface area contributed by atoms with E-state index in [0.29, 0.717) is 12.2 Å². The van der Waals surface area contributed by atoms with Crippen LogP contribution in [0.5, 0.6) is 11.5 Å². The number of rotatable bonds is 2. The number of carbonyl (C=O) groups excluding carboxylic acids is 1. The van der Waals surface area contributed by atoms with Crippen molar-refractivity contribution in [3.63, 3.8) is 0 Å². The van der Waals surface area contributed by atoms with E-state index in [4.69, 9.17) is 9.47 Å². The van der Waals surface area contributed by atoms with E-state index in [2.05, 4.69) is 37.0 Å². The minimum atomic E-state index is -0.170. The molecule has 0 aliphatic carbocycles. The van der Waals surface area contributed by atoms with Crippen LogP contribution in [0.2, 0.25) is 0 Å². The number of carbonyl (C=O) groups is 1. The number of hydrogen-bond donors (Lipinski definition) is 0. The monoisotopic (exact) mass is 464 g/mol.